The lowest BCUT2D eigenvalue weighted by molar-refractivity contribution is 0.101. The van der Waals surface area contributed by atoms with Crippen LogP contribution in [0.15, 0.2) is 18.5 Å². The number of ketones is 1. The molecule has 4 heteroatoms. The van der Waals surface area contributed by atoms with E-state index in [4.69, 9.17) is 0 Å². The molecule has 2 rings (SSSR count). The molecule has 0 radical (unpaired) electrons. The molecule has 0 bridgehead atoms. The van der Waals surface area contributed by atoms with Crippen molar-refractivity contribution in [2.24, 2.45) is 0 Å². The van der Waals surface area contributed by atoms with Gasteiger partial charge in [-0.2, -0.15) is 0 Å². The van der Waals surface area contributed by atoms with Crippen LogP contribution in [0.3, 0.4) is 0 Å². The Balaban J connectivity index is 2.86. The summed E-state index contributed by atoms with van der Waals surface area (Å²) in [4.78, 5) is 18.3. The molecule has 2 aromatic heterocycles. The summed E-state index contributed by atoms with van der Waals surface area (Å²) < 4.78 is 1.05. The fourth-order valence-corrected chi connectivity index (χ4v) is 2.00. The Hall–Kier alpha value is -0.910. The normalized spacial score (nSPS) is 10.6. The molecule has 0 saturated carbocycles. The van der Waals surface area contributed by atoms with Crippen LogP contribution in [0.25, 0.3) is 11.0 Å². The zero-order chi connectivity index (χ0) is 9.42. The van der Waals surface area contributed by atoms with E-state index in [0.29, 0.717) is 5.56 Å². The summed E-state index contributed by atoms with van der Waals surface area (Å²) in [6.07, 6.45) is 3.44. The molecule has 0 aliphatic rings. The molecule has 3 nitrogen and oxygen atoms in total. The van der Waals surface area contributed by atoms with Crippen molar-refractivity contribution < 1.29 is 4.79 Å². The standard InChI is InChI=1S/C9H7IN2O/c1-5(13)6-4-12-9-8(6)7(10)2-3-11-9/h2-4H,1H3,(H,11,12). The fourth-order valence-electron chi connectivity index (χ4n) is 1.29. The summed E-state index contributed by atoms with van der Waals surface area (Å²) in [5.74, 6) is 0.0668. The maximum atomic E-state index is 11.2. The quantitative estimate of drug-likeness (QED) is 0.646. The SMILES string of the molecule is CC(=O)c1c[nH]c2nccc(I)c12. The number of hydrogen-bond donors (Lipinski definition) is 1. The van der Waals surface area contributed by atoms with Crippen LogP contribution in [0.5, 0.6) is 0 Å². The molecule has 0 saturated heterocycles. The van der Waals surface area contributed by atoms with Gasteiger partial charge in [0, 0.05) is 26.9 Å². The Morgan fingerprint density at radius 1 is 1.62 bits per heavy atom. The van der Waals surface area contributed by atoms with Gasteiger partial charge in [-0.25, -0.2) is 4.98 Å². The highest BCUT2D eigenvalue weighted by Crippen LogP contribution is 2.22. The van der Waals surface area contributed by atoms with Gasteiger partial charge in [-0.05, 0) is 35.6 Å². The van der Waals surface area contributed by atoms with Gasteiger partial charge in [0.15, 0.2) is 5.78 Å². The second kappa shape index (κ2) is 3.10. The van der Waals surface area contributed by atoms with Crippen molar-refractivity contribution in [1.29, 1.82) is 0 Å². The highest BCUT2D eigenvalue weighted by Gasteiger charge is 2.10. The smallest absolute Gasteiger partial charge is 0.162 e. The van der Waals surface area contributed by atoms with E-state index in [9.17, 15) is 4.79 Å². The lowest BCUT2D eigenvalue weighted by Gasteiger charge is -1.94. The number of nitrogens with zero attached hydrogens (tertiary/aromatic N) is 1. The highest BCUT2D eigenvalue weighted by atomic mass is 127. The van der Waals surface area contributed by atoms with Crippen LogP contribution >= 0.6 is 22.6 Å². The first-order chi connectivity index (χ1) is 6.20. The van der Waals surface area contributed by atoms with Crippen LogP contribution in [0.1, 0.15) is 17.3 Å². The molecule has 0 atom stereocenters. The Morgan fingerprint density at radius 3 is 3.08 bits per heavy atom. The van der Waals surface area contributed by atoms with Gasteiger partial charge in [0.2, 0.25) is 0 Å². The minimum Gasteiger partial charge on any atom is -0.345 e. The number of carbonyl (C=O) groups excluding carboxylic acids is 1. The van der Waals surface area contributed by atoms with E-state index >= 15 is 0 Å². The molecule has 0 spiro atoms. The molecule has 13 heavy (non-hydrogen) atoms. The van der Waals surface area contributed by atoms with Gasteiger partial charge in [0.05, 0.1) is 0 Å². The second-order valence-electron chi connectivity index (χ2n) is 2.77. The molecule has 0 unspecified atom stereocenters. The Morgan fingerprint density at radius 2 is 2.38 bits per heavy atom. The second-order valence-corrected chi connectivity index (χ2v) is 3.94. The van der Waals surface area contributed by atoms with Crippen LogP contribution in [0, 0.1) is 3.57 Å². The lowest BCUT2D eigenvalue weighted by atomic mass is 10.2. The number of hydrogen-bond acceptors (Lipinski definition) is 2. The van der Waals surface area contributed by atoms with E-state index in [1.165, 1.54) is 0 Å². The number of aromatic amines is 1. The van der Waals surface area contributed by atoms with Crippen LogP contribution in [-0.4, -0.2) is 15.8 Å². The first-order valence-corrected chi connectivity index (χ1v) is 4.90. The molecule has 2 aromatic rings. The molecule has 2 heterocycles. The molecule has 66 valence electrons. The number of pyridine rings is 1. The minimum atomic E-state index is 0.0668. The molecular formula is C9H7IN2O. The van der Waals surface area contributed by atoms with E-state index in [2.05, 4.69) is 32.6 Å². The summed E-state index contributed by atoms with van der Waals surface area (Å²) in [6.45, 7) is 1.56. The first kappa shape index (κ1) is 8.68. The number of fused-ring (bicyclic) bond motifs is 1. The van der Waals surface area contributed by atoms with Crippen molar-refractivity contribution in [1.82, 2.24) is 9.97 Å². The zero-order valence-electron chi connectivity index (χ0n) is 6.97. The van der Waals surface area contributed by atoms with Crippen LogP contribution in [0.2, 0.25) is 0 Å². The molecule has 0 fully saturated rings. The largest absolute Gasteiger partial charge is 0.345 e. The number of carbonyl (C=O) groups is 1. The number of nitrogens with one attached hydrogen (secondary N) is 1. The summed E-state index contributed by atoms with van der Waals surface area (Å²) in [7, 11) is 0. The maximum Gasteiger partial charge on any atom is 0.162 e. The predicted octanol–water partition coefficient (Wildman–Crippen LogP) is 2.37. The van der Waals surface area contributed by atoms with Crippen LogP contribution in [0.4, 0.5) is 0 Å². The van der Waals surface area contributed by atoms with Gasteiger partial charge in [0.1, 0.15) is 5.65 Å². The average Bonchev–Trinajstić information content (AvgIpc) is 2.49. The number of Topliss-reactive ketones (excluding diaryl/α,β-unsaturated/α-hetero) is 1. The maximum absolute atomic E-state index is 11.2. The number of aromatic nitrogens is 2. The molecule has 0 aliphatic heterocycles. The Labute approximate surface area is 88.7 Å². The topological polar surface area (TPSA) is 45.8 Å². The molecule has 0 aliphatic carbocycles. The van der Waals surface area contributed by atoms with Crippen molar-refractivity contribution >= 4 is 39.4 Å². The van der Waals surface area contributed by atoms with Crippen molar-refractivity contribution in [2.45, 2.75) is 6.92 Å². The molecule has 0 aromatic carbocycles. The monoisotopic (exact) mass is 286 g/mol. The lowest BCUT2D eigenvalue weighted by Crippen LogP contribution is -1.90. The number of H-pyrrole nitrogens is 1. The van der Waals surface area contributed by atoms with Crippen LogP contribution in [-0.2, 0) is 0 Å². The first-order valence-electron chi connectivity index (χ1n) is 3.82. The van der Waals surface area contributed by atoms with Crippen molar-refractivity contribution in [3.63, 3.8) is 0 Å². The predicted molar refractivity (Wildman–Crippen MR) is 58.8 cm³/mol. The van der Waals surface area contributed by atoms with E-state index in [1.54, 1.807) is 19.3 Å². The average molecular weight is 286 g/mol. The zero-order valence-corrected chi connectivity index (χ0v) is 9.12. The minimum absolute atomic E-state index is 0.0668. The van der Waals surface area contributed by atoms with Crippen molar-refractivity contribution in [3.05, 3.63) is 27.6 Å². The van der Waals surface area contributed by atoms with Gasteiger partial charge in [0.25, 0.3) is 0 Å². The van der Waals surface area contributed by atoms with Gasteiger partial charge in [-0.3, -0.25) is 4.79 Å². The fraction of sp³-hybridized carbons (Fsp3) is 0.111. The Bertz CT molecular complexity index is 475. The summed E-state index contributed by atoms with van der Waals surface area (Å²) in [5.41, 5.74) is 1.49. The van der Waals surface area contributed by atoms with Crippen LogP contribution < -0.4 is 0 Å². The molecular weight excluding hydrogens is 279 g/mol. The summed E-state index contributed by atoms with van der Waals surface area (Å²) >= 11 is 2.20. The van der Waals surface area contributed by atoms with E-state index in [-0.39, 0.29) is 5.78 Å². The number of halogens is 1. The highest BCUT2D eigenvalue weighted by molar-refractivity contribution is 14.1. The van der Waals surface area contributed by atoms with Crippen molar-refractivity contribution in [2.75, 3.05) is 0 Å². The van der Waals surface area contributed by atoms with Gasteiger partial charge >= 0.3 is 0 Å². The molecule has 1 N–H and O–H groups in total. The third-order valence-corrected chi connectivity index (χ3v) is 2.80. The third kappa shape index (κ3) is 1.35. The Kier molecular flexibility index (Phi) is 2.07. The van der Waals surface area contributed by atoms with E-state index in [0.717, 1.165) is 14.6 Å². The van der Waals surface area contributed by atoms with Gasteiger partial charge < -0.3 is 4.98 Å². The van der Waals surface area contributed by atoms with E-state index < -0.39 is 0 Å². The van der Waals surface area contributed by atoms with Gasteiger partial charge in [-0.15, -0.1) is 0 Å². The third-order valence-electron chi connectivity index (χ3n) is 1.90. The molecule has 0 amide bonds. The summed E-state index contributed by atoms with van der Waals surface area (Å²) in [5, 5.41) is 0.926. The van der Waals surface area contributed by atoms with Crippen molar-refractivity contribution in [3.8, 4) is 0 Å². The van der Waals surface area contributed by atoms with Gasteiger partial charge in [-0.1, -0.05) is 0 Å². The number of rotatable bonds is 1. The summed E-state index contributed by atoms with van der Waals surface area (Å²) in [6, 6.07) is 1.89. The van der Waals surface area contributed by atoms with E-state index in [1.807, 2.05) is 6.07 Å².